The number of rotatable bonds is 6. The van der Waals surface area contributed by atoms with E-state index in [0.717, 1.165) is 5.82 Å². The van der Waals surface area contributed by atoms with E-state index in [4.69, 9.17) is 5.26 Å². The molecule has 6 nitrogen and oxygen atoms in total. The van der Waals surface area contributed by atoms with Gasteiger partial charge in [0.05, 0.1) is 16.9 Å². The first-order valence-electron chi connectivity index (χ1n) is 7.03. The van der Waals surface area contributed by atoms with E-state index in [9.17, 15) is 4.79 Å². The first-order chi connectivity index (χ1) is 11.0. The van der Waals surface area contributed by atoms with Crippen molar-refractivity contribution in [1.29, 1.82) is 5.26 Å². The van der Waals surface area contributed by atoms with Crippen LogP contribution in [0.25, 0.3) is 0 Å². The maximum atomic E-state index is 12.3. The number of hydrogen-bond donors (Lipinski definition) is 1. The Balaban J connectivity index is 2.05. The van der Waals surface area contributed by atoms with Crippen LogP contribution in [0.3, 0.4) is 0 Å². The molecular weight excluding hydrogens is 310 g/mol. The van der Waals surface area contributed by atoms with Gasteiger partial charge < -0.3 is 9.88 Å². The van der Waals surface area contributed by atoms with Crippen molar-refractivity contribution in [2.45, 2.75) is 30.8 Å². The highest BCUT2D eigenvalue weighted by Crippen LogP contribution is 2.23. The minimum Gasteiger partial charge on any atom is -0.325 e. The molecule has 0 saturated heterocycles. The van der Waals surface area contributed by atoms with E-state index in [1.165, 1.54) is 11.8 Å². The topological polar surface area (TPSA) is 83.6 Å². The number of benzene rings is 1. The van der Waals surface area contributed by atoms with E-state index >= 15 is 0 Å². The Labute approximate surface area is 139 Å². The van der Waals surface area contributed by atoms with Crippen LogP contribution < -0.4 is 5.32 Å². The molecule has 7 heteroatoms. The summed E-state index contributed by atoms with van der Waals surface area (Å²) in [4.78, 5) is 12.3. The van der Waals surface area contributed by atoms with Gasteiger partial charge in [-0.1, -0.05) is 23.9 Å². The zero-order valence-corrected chi connectivity index (χ0v) is 13.8. The number of nitrogens with one attached hydrogen (secondary N) is 1. The molecule has 118 valence electrons. The number of hydrogen-bond acceptors (Lipinski definition) is 5. The summed E-state index contributed by atoms with van der Waals surface area (Å²) < 4.78 is 1.90. The van der Waals surface area contributed by atoms with Gasteiger partial charge in [-0.2, -0.15) is 5.26 Å². The number of aryl methyl sites for hydroxylation is 1. The van der Waals surface area contributed by atoms with Crippen LogP contribution >= 0.6 is 11.8 Å². The van der Waals surface area contributed by atoms with Crippen LogP contribution in [0, 0.1) is 18.3 Å². The van der Waals surface area contributed by atoms with Crippen molar-refractivity contribution in [2.75, 3.05) is 5.32 Å². The monoisotopic (exact) mass is 327 g/mol. The van der Waals surface area contributed by atoms with Crippen LogP contribution in [0.5, 0.6) is 0 Å². The van der Waals surface area contributed by atoms with Gasteiger partial charge in [0.2, 0.25) is 5.91 Å². The zero-order valence-electron chi connectivity index (χ0n) is 13.0. The minimum atomic E-state index is -0.354. The summed E-state index contributed by atoms with van der Waals surface area (Å²) in [6, 6.07) is 8.86. The Morgan fingerprint density at radius 3 is 3.04 bits per heavy atom. The number of nitriles is 1. The van der Waals surface area contributed by atoms with Crippen molar-refractivity contribution in [3.63, 3.8) is 0 Å². The molecular formula is C16H17N5OS. The van der Waals surface area contributed by atoms with Gasteiger partial charge >= 0.3 is 0 Å². The van der Waals surface area contributed by atoms with Crippen molar-refractivity contribution >= 4 is 23.4 Å². The molecule has 0 bridgehead atoms. The van der Waals surface area contributed by atoms with E-state index in [1.807, 2.05) is 17.6 Å². The number of carbonyl (C=O) groups is 1. The third-order valence-corrected chi connectivity index (χ3v) is 4.20. The van der Waals surface area contributed by atoms with Gasteiger partial charge in [-0.25, -0.2) is 0 Å². The van der Waals surface area contributed by atoms with E-state index in [0.29, 0.717) is 23.0 Å². The van der Waals surface area contributed by atoms with Gasteiger partial charge in [0.15, 0.2) is 5.16 Å². The quantitative estimate of drug-likeness (QED) is 0.651. The van der Waals surface area contributed by atoms with Crippen molar-refractivity contribution in [3.8, 4) is 6.07 Å². The number of nitrogens with zero attached hydrogens (tertiary/aromatic N) is 4. The Morgan fingerprint density at radius 1 is 1.57 bits per heavy atom. The number of anilines is 1. The Hall–Kier alpha value is -2.59. The van der Waals surface area contributed by atoms with Crippen LogP contribution in [0.15, 0.2) is 42.1 Å². The molecule has 0 aliphatic heterocycles. The summed E-state index contributed by atoms with van der Waals surface area (Å²) in [5.74, 6) is 0.623. The average Bonchev–Trinajstić information content (AvgIpc) is 2.88. The lowest BCUT2D eigenvalue weighted by Gasteiger charge is -2.12. The summed E-state index contributed by atoms with van der Waals surface area (Å²) in [7, 11) is 0. The van der Waals surface area contributed by atoms with Crippen LogP contribution in [0.2, 0.25) is 0 Å². The predicted octanol–water partition coefficient (Wildman–Crippen LogP) is 2.76. The van der Waals surface area contributed by atoms with Crippen LogP contribution in [-0.2, 0) is 11.3 Å². The van der Waals surface area contributed by atoms with Gasteiger partial charge in [-0.3, -0.25) is 4.79 Å². The molecule has 23 heavy (non-hydrogen) atoms. The highest BCUT2D eigenvalue weighted by molar-refractivity contribution is 8.00. The molecule has 0 radical (unpaired) electrons. The van der Waals surface area contributed by atoms with Crippen LogP contribution in [0.1, 0.15) is 18.3 Å². The van der Waals surface area contributed by atoms with Crippen LogP contribution in [-0.4, -0.2) is 25.9 Å². The molecule has 1 N–H and O–H groups in total. The summed E-state index contributed by atoms with van der Waals surface area (Å²) in [6.45, 7) is 7.97. The number of carbonyl (C=O) groups excluding carboxylic acids is 1. The molecule has 0 saturated carbocycles. The average molecular weight is 327 g/mol. The summed E-state index contributed by atoms with van der Waals surface area (Å²) in [6.07, 6.45) is 1.76. The second kappa shape index (κ2) is 7.61. The molecule has 0 fully saturated rings. The molecule has 1 atom stereocenters. The van der Waals surface area contributed by atoms with E-state index in [1.54, 1.807) is 37.3 Å². The van der Waals surface area contributed by atoms with Crippen molar-refractivity contribution in [3.05, 3.63) is 48.3 Å². The fourth-order valence-corrected chi connectivity index (χ4v) is 2.81. The van der Waals surface area contributed by atoms with Gasteiger partial charge in [0, 0.05) is 12.2 Å². The van der Waals surface area contributed by atoms with Crippen molar-refractivity contribution in [1.82, 2.24) is 14.8 Å². The summed E-state index contributed by atoms with van der Waals surface area (Å²) in [5.41, 5.74) is 1.11. The van der Waals surface area contributed by atoms with E-state index in [-0.39, 0.29) is 11.2 Å². The molecule has 1 aromatic heterocycles. The fraction of sp³-hybridized carbons (Fsp3) is 0.250. The SMILES string of the molecule is C=CCn1c(C)nnc1S[C@H](C)C(=O)Nc1cccc(C#N)c1. The molecule has 1 heterocycles. The van der Waals surface area contributed by atoms with Gasteiger partial charge in [0.1, 0.15) is 5.82 Å². The lowest BCUT2D eigenvalue weighted by atomic mass is 10.2. The number of allylic oxidation sites excluding steroid dienone is 1. The number of aromatic nitrogens is 3. The summed E-state index contributed by atoms with van der Waals surface area (Å²) >= 11 is 1.33. The summed E-state index contributed by atoms with van der Waals surface area (Å²) in [5, 5.41) is 20.1. The van der Waals surface area contributed by atoms with Gasteiger partial charge in [-0.15, -0.1) is 16.8 Å². The fourth-order valence-electron chi connectivity index (χ4n) is 1.91. The minimum absolute atomic E-state index is 0.157. The maximum Gasteiger partial charge on any atom is 0.237 e. The molecule has 0 unspecified atom stereocenters. The van der Waals surface area contributed by atoms with Crippen LogP contribution in [0.4, 0.5) is 5.69 Å². The van der Waals surface area contributed by atoms with E-state index in [2.05, 4.69) is 22.1 Å². The first-order valence-corrected chi connectivity index (χ1v) is 7.91. The molecule has 2 rings (SSSR count). The Morgan fingerprint density at radius 2 is 2.35 bits per heavy atom. The van der Waals surface area contributed by atoms with E-state index < -0.39 is 0 Å². The largest absolute Gasteiger partial charge is 0.325 e. The number of thioether (sulfide) groups is 1. The molecule has 1 aromatic carbocycles. The standard InChI is InChI=1S/C16H17N5OS/c1-4-8-21-12(3)19-20-16(21)23-11(2)15(22)18-14-7-5-6-13(9-14)10-17/h4-7,9,11H,1,8H2,2-3H3,(H,18,22)/t11-/m1/s1. The smallest absolute Gasteiger partial charge is 0.237 e. The molecule has 0 aliphatic carbocycles. The lowest BCUT2D eigenvalue weighted by Crippen LogP contribution is -2.23. The second-order valence-corrected chi connectivity index (χ2v) is 6.18. The second-order valence-electron chi connectivity index (χ2n) is 4.87. The Bertz CT molecular complexity index is 762. The normalized spacial score (nSPS) is 11.5. The molecule has 0 aliphatic rings. The lowest BCUT2D eigenvalue weighted by molar-refractivity contribution is -0.115. The zero-order chi connectivity index (χ0) is 16.8. The van der Waals surface area contributed by atoms with Crippen molar-refractivity contribution < 1.29 is 4.79 Å². The van der Waals surface area contributed by atoms with Crippen molar-refractivity contribution in [2.24, 2.45) is 0 Å². The molecule has 0 spiro atoms. The Kier molecular flexibility index (Phi) is 5.55. The molecule has 2 aromatic rings. The van der Waals surface area contributed by atoms with Gasteiger partial charge in [-0.05, 0) is 32.0 Å². The molecule has 1 amide bonds. The third-order valence-electron chi connectivity index (χ3n) is 3.12. The van der Waals surface area contributed by atoms with Gasteiger partial charge in [0.25, 0.3) is 0 Å². The predicted molar refractivity (Wildman–Crippen MR) is 90.1 cm³/mol. The maximum absolute atomic E-state index is 12.3. The first kappa shape index (κ1) is 16.8. The highest BCUT2D eigenvalue weighted by Gasteiger charge is 2.19. The number of amides is 1. The third kappa shape index (κ3) is 4.20. The highest BCUT2D eigenvalue weighted by atomic mass is 32.2.